The average Bonchev–Trinajstić information content (AvgIpc) is 2.14. The van der Waals surface area contributed by atoms with Crippen LogP contribution in [0.4, 0.5) is 13.2 Å². The Morgan fingerprint density at radius 2 is 1.73 bits per heavy atom. The highest BCUT2D eigenvalue weighted by Crippen LogP contribution is 2.26. The van der Waals surface area contributed by atoms with Gasteiger partial charge in [0.05, 0.1) is 0 Å². The first kappa shape index (κ1) is 12.3. The molecule has 1 aromatic rings. The van der Waals surface area contributed by atoms with E-state index in [1.165, 1.54) is 0 Å². The third kappa shape index (κ3) is 4.53. The van der Waals surface area contributed by atoms with Crippen molar-refractivity contribution in [1.29, 1.82) is 0 Å². The zero-order valence-electron chi connectivity index (χ0n) is 7.89. The normalized spacial score (nSPS) is 13.9. The summed E-state index contributed by atoms with van der Waals surface area (Å²) < 4.78 is 35.8. The molecular formula is C10H11ClF3N. The SMILES string of the molecule is N[C@H](CCC(F)(F)F)c1ccc(Cl)cc1. The van der Waals surface area contributed by atoms with Crippen LogP contribution in [0.15, 0.2) is 24.3 Å². The Morgan fingerprint density at radius 3 is 2.20 bits per heavy atom. The van der Waals surface area contributed by atoms with Gasteiger partial charge in [0.2, 0.25) is 0 Å². The Labute approximate surface area is 91.0 Å². The second kappa shape index (κ2) is 4.86. The van der Waals surface area contributed by atoms with Gasteiger partial charge in [-0.25, -0.2) is 0 Å². The van der Waals surface area contributed by atoms with E-state index in [4.69, 9.17) is 17.3 Å². The van der Waals surface area contributed by atoms with Crippen LogP contribution in [0.1, 0.15) is 24.4 Å². The van der Waals surface area contributed by atoms with E-state index < -0.39 is 18.6 Å². The summed E-state index contributed by atoms with van der Waals surface area (Å²) in [6, 6.07) is 5.92. The van der Waals surface area contributed by atoms with Crippen LogP contribution in [0.2, 0.25) is 5.02 Å². The maximum absolute atomic E-state index is 11.9. The molecule has 0 saturated carbocycles. The fourth-order valence-electron chi connectivity index (χ4n) is 1.20. The summed E-state index contributed by atoms with van der Waals surface area (Å²) in [5.41, 5.74) is 6.28. The third-order valence-corrected chi connectivity index (χ3v) is 2.29. The summed E-state index contributed by atoms with van der Waals surface area (Å²) in [6.45, 7) is 0. The minimum absolute atomic E-state index is 0.106. The van der Waals surface area contributed by atoms with Crippen molar-refractivity contribution in [2.75, 3.05) is 0 Å². The molecule has 0 spiro atoms. The van der Waals surface area contributed by atoms with Gasteiger partial charge in [0, 0.05) is 17.5 Å². The summed E-state index contributed by atoms with van der Waals surface area (Å²) >= 11 is 5.65. The highest BCUT2D eigenvalue weighted by Gasteiger charge is 2.27. The summed E-state index contributed by atoms with van der Waals surface area (Å²) in [5.74, 6) is 0. The van der Waals surface area contributed by atoms with Gasteiger partial charge in [-0.15, -0.1) is 0 Å². The molecule has 0 aliphatic heterocycles. The van der Waals surface area contributed by atoms with Crippen molar-refractivity contribution in [3.63, 3.8) is 0 Å². The number of alkyl halides is 3. The zero-order chi connectivity index (χ0) is 11.5. The molecule has 0 radical (unpaired) electrons. The minimum Gasteiger partial charge on any atom is -0.324 e. The smallest absolute Gasteiger partial charge is 0.324 e. The lowest BCUT2D eigenvalue weighted by Gasteiger charge is -2.13. The lowest BCUT2D eigenvalue weighted by molar-refractivity contribution is -0.136. The van der Waals surface area contributed by atoms with E-state index in [0.29, 0.717) is 10.6 Å². The number of halogens is 4. The Bertz CT molecular complexity index is 307. The van der Waals surface area contributed by atoms with E-state index in [2.05, 4.69) is 0 Å². The minimum atomic E-state index is -4.15. The van der Waals surface area contributed by atoms with Crippen molar-refractivity contribution >= 4 is 11.6 Å². The van der Waals surface area contributed by atoms with Gasteiger partial charge < -0.3 is 5.73 Å². The first-order chi connectivity index (χ1) is 6.88. The van der Waals surface area contributed by atoms with E-state index in [1.54, 1.807) is 24.3 Å². The zero-order valence-corrected chi connectivity index (χ0v) is 8.65. The number of hydrogen-bond acceptors (Lipinski definition) is 1. The van der Waals surface area contributed by atoms with Gasteiger partial charge in [-0.1, -0.05) is 23.7 Å². The van der Waals surface area contributed by atoms with E-state index in [0.717, 1.165) is 0 Å². The van der Waals surface area contributed by atoms with Gasteiger partial charge in [0.15, 0.2) is 0 Å². The predicted octanol–water partition coefficient (Wildman–Crippen LogP) is 3.68. The number of rotatable bonds is 3. The standard InChI is InChI=1S/C10H11ClF3N/c11-8-3-1-7(2-4-8)9(15)5-6-10(12,13)14/h1-4,9H,5-6,15H2/t9-/m1/s1. The Hall–Kier alpha value is -0.740. The molecule has 0 unspecified atom stereocenters. The van der Waals surface area contributed by atoms with Crippen molar-refractivity contribution < 1.29 is 13.2 Å². The Balaban J connectivity index is 2.54. The fraction of sp³-hybridized carbons (Fsp3) is 0.400. The molecule has 0 aliphatic carbocycles. The fourth-order valence-corrected chi connectivity index (χ4v) is 1.32. The third-order valence-electron chi connectivity index (χ3n) is 2.04. The van der Waals surface area contributed by atoms with Crippen molar-refractivity contribution in [2.24, 2.45) is 5.73 Å². The first-order valence-electron chi connectivity index (χ1n) is 4.46. The Morgan fingerprint density at radius 1 is 1.20 bits per heavy atom. The quantitative estimate of drug-likeness (QED) is 0.853. The molecule has 1 aromatic carbocycles. The van der Waals surface area contributed by atoms with Crippen LogP contribution >= 0.6 is 11.6 Å². The number of hydrogen-bond donors (Lipinski definition) is 1. The van der Waals surface area contributed by atoms with E-state index in [-0.39, 0.29) is 6.42 Å². The van der Waals surface area contributed by atoms with Gasteiger partial charge >= 0.3 is 6.18 Å². The van der Waals surface area contributed by atoms with Gasteiger partial charge in [0.25, 0.3) is 0 Å². The molecule has 5 heteroatoms. The maximum atomic E-state index is 11.9. The van der Waals surface area contributed by atoms with Crippen molar-refractivity contribution in [1.82, 2.24) is 0 Å². The van der Waals surface area contributed by atoms with E-state index in [1.807, 2.05) is 0 Å². The first-order valence-corrected chi connectivity index (χ1v) is 4.84. The van der Waals surface area contributed by atoms with Crippen LogP contribution in [-0.4, -0.2) is 6.18 Å². The van der Waals surface area contributed by atoms with Crippen LogP contribution in [-0.2, 0) is 0 Å². The van der Waals surface area contributed by atoms with Crippen LogP contribution in [0, 0.1) is 0 Å². The molecule has 1 nitrogen and oxygen atoms in total. The molecule has 0 fully saturated rings. The molecule has 84 valence electrons. The summed E-state index contributed by atoms with van der Waals surface area (Å²) in [6.07, 6.45) is -5.12. The lowest BCUT2D eigenvalue weighted by Crippen LogP contribution is -2.15. The van der Waals surface area contributed by atoms with Crippen molar-refractivity contribution in [2.45, 2.75) is 25.1 Å². The van der Waals surface area contributed by atoms with Crippen molar-refractivity contribution in [3.05, 3.63) is 34.9 Å². The largest absolute Gasteiger partial charge is 0.389 e. The molecule has 0 aromatic heterocycles. The van der Waals surface area contributed by atoms with Gasteiger partial charge in [-0.3, -0.25) is 0 Å². The molecule has 1 atom stereocenters. The van der Waals surface area contributed by atoms with Crippen LogP contribution in [0.25, 0.3) is 0 Å². The highest BCUT2D eigenvalue weighted by atomic mass is 35.5. The van der Waals surface area contributed by atoms with Gasteiger partial charge in [-0.05, 0) is 24.1 Å². The molecule has 0 saturated heterocycles. The molecule has 1 rings (SSSR count). The summed E-state index contributed by atoms with van der Waals surface area (Å²) in [5, 5.41) is 0.543. The molecule has 0 bridgehead atoms. The molecular weight excluding hydrogens is 227 g/mol. The average molecular weight is 238 g/mol. The van der Waals surface area contributed by atoms with E-state index in [9.17, 15) is 13.2 Å². The summed E-state index contributed by atoms with van der Waals surface area (Å²) in [7, 11) is 0. The van der Waals surface area contributed by atoms with E-state index >= 15 is 0 Å². The molecule has 15 heavy (non-hydrogen) atoms. The van der Waals surface area contributed by atoms with Crippen LogP contribution < -0.4 is 5.73 Å². The lowest BCUT2D eigenvalue weighted by atomic mass is 10.0. The summed E-state index contributed by atoms with van der Waals surface area (Å²) in [4.78, 5) is 0. The monoisotopic (exact) mass is 237 g/mol. The van der Waals surface area contributed by atoms with Crippen LogP contribution in [0.3, 0.4) is 0 Å². The molecule has 0 amide bonds. The molecule has 2 N–H and O–H groups in total. The van der Waals surface area contributed by atoms with Gasteiger partial charge in [0.1, 0.15) is 0 Å². The topological polar surface area (TPSA) is 26.0 Å². The second-order valence-electron chi connectivity index (χ2n) is 3.31. The Kier molecular flexibility index (Phi) is 3.99. The number of benzene rings is 1. The molecule has 0 aliphatic rings. The van der Waals surface area contributed by atoms with Gasteiger partial charge in [-0.2, -0.15) is 13.2 Å². The maximum Gasteiger partial charge on any atom is 0.389 e. The van der Waals surface area contributed by atoms with Crippen LogP contribution in [0.5, 0.6) is 0 Å². The highest BCUT2D eigenvalue weighted by molar-refractivity contribution is 6.30. The number of nitrogens with two attached hydrogens (primary N) is 1. The predicted molar refractivity (Wildman–Crippen MR) is 53.7 cm³/mol. The van der Waals surface area contributed by atoms with Crippen molar-refractivity contribution in [3.8, 4) is 0 Å². The molecule has 0 heterocycles. The second-order valence-corrected chi connectivity index (χ2v) is 3.75.